The number of carbonyl (C=O) groups excluding carboxylic acids is 5. The van der Waals surface area contributed by atoms with Gasteiger partial charge in [0.1, 0.15) is 17.3 Å². The van der Waals surface area contributed by atoms with Crippen LogP contribution in [0.25, 0.3) is 0 Å². The Balaban J connectivity index is 1.31. The second-order valence-electron chi connectivity index (χ2n) is 12.9. The maximum Gasteiger partial charge on any atom is 0.306 e. The minimum Gasteiger partial charge on any atom is -0.466 e. The summed E-state index contributed by atoms with van der Waals surface area (Å²) >= 11 is 0. The summed E-state index contributed by atoms with van der Waals surface area (Å²) in [5, 5.41) is 0. The van der Waals surface area contributed by atoms with Gasteiger partial charge >= 0.3 is 11.9 Å². The van der Waals surface area contributed by atoms with Crippen molar-refractivity contribution < 1.29 is 42.2 Å². The average molecular weight is 553 g/mol. The summed E-state index contributed by atoms with van der Waals surface area (Å²) in [6.45, 7) is 5.39. The lowest BCUT2D eigenvalue weighted by Crippen LogP contribution is -2.60. The van der Waals surface area contributed by atoms with Crippen LogP contribution in [0.5, 0.6) is 0 Å². The van der Waals surface area contributed by atoms with E-state index in [9.17, 15) is 32.8 Å². The molecule has 0 radical (unpaired) electrons. The zero-order valence-electron chi connectivity index (χ0n) is 23.3. The molecule has 0 bridgehead atoms. The highest BCUT2D eigenvalue weighted by Gasteiger charge is 2.66. The van der Waals surface area contributed by atoms with Crippen LogP contribution in [-0.4, -0.2) is 48.9 Å². The van der Waals surface area contributed by atoms with Gasteiger partial charge in [-0.25, -0.2) is 8.78 Å². The van der Waals surface area contributed by atoms with E-state index in [-0.39, 0.29) is 84.1 Å². The van der Waals surface area contributed by atoms with Crippen molar-refractivity contribution in [3.8, 4) is 0 Å². The van der Waals surface area contributed by atoms with Gasteiger partial charge in [0.25, 0.3) is 6.43 Å². The van der Waals surface area contributed by atoms with Gasteiger partial charge < -0.3 is 9.47 Å². The van der Waals surface area contributed by atoms with Crippen LogP contribution in [0, 0.1) is 46.3 Å². The van der Waals surface area contributed by atoms with Gasteiger partial charge in [0.15, 0.2) is 6.61 Å². The van der Waals surface area contributed by atoms with E-state index in [1.54, 1.807) is 0 Å². The molecule has 4 saturated carbocycles. The molecular formula is C30H42F2O7. The van der Waals surface area contributed by atoms with Crippen molar-refractivity contribution in [1.82, 2.24) is 0 Å². The van der Waals surface area contributed by atoms with Crippen LogP contribution in [0.4, 0.5) is 8.78 Å². The summed E-state index contributed by atoms with van der Waals surface area (Å²) < 4.78 is 33.8. The summed E-state index contributed by atoms with van der Waals surface area (Å²) in [7, 11) is 0. The Bertz CT molecular complexity index is 996. The van der Waals surface area contributed by atoms with E-state index in [2.05, 4.69) is 18.6 Å². The monoisotopic (exact) mass is 552 g/mol. The summed E-state index contributed by atoms with van der Waals surface area (Å²) in [5.74, 6) is -0.330. The molecule has 4 rings (SSSR count). The van der Waals surface area contributed by atoms with Crippen LogP contribution >= 0.6 is 0 Å². The lowest BCUT2D eigenvalue weighted by molar-refractivity contribution is -0.166. The van der Waals surface area contributed by atoms with Gasteiger partial charge in [-0.1, -0.05) is 20.8 Å². The highest BCUT2D eigenvalue weighted by atomic mass is 19.3. The number of ether oxygens (including phenoxy) is 2. The number of carbonyl (C=O) groups is 5. The van der Waals surface area contributed by atoms with Gasteiger partial charge in [-0.15, -0.1) is 0 Å². The average Bonchev–Trinajstić information content (AvgIpc) is 3.24. The molecule has 0 saturated heterocycles. The van der Waals surface area contributed by atoms with Crippen molar-refractivity contribution in [1.29, 1.82) is 0 Å². The fraction of sp³-hybridized carbons (Fsp3) is 0.833. The van der Waals surface area contributed by atoms with Crippen LogP contribution in [0.15, 0.2) is 0 Å². The van der Waals surface area contributed by atoms with Crippen molar-refractivity contribution in [3.05, 3.63) is 0 Å². The van der Waals surface area contributed by atoms with Crippen molar-refractivity contribution in [2.24, 2.45) is 46.3 Å². The van der Waals surface area contributed by atoms with E-state index in [0.29, 0.717) is 32.1 Å². The Morgan fingerprint density at radius 1 is 0.974 bits per heavy atom. The number of ketones is 3. The van der Waals surface area contributed by atoms with E-state index >= 15 is 0 Å². The second-order valence-corrected chi connectivity index (χ2v) is 12.9. The van der Waals surface area contributed by atoms with Crippen molar-refractivity contribution in [2.75, 3.05) is 13.2 Å². The number of Topliss-reactive ketones (excluding diaryl/α,β-unsaturated/α-hetero) is 3. The molecule has 1 unspecified atom stereocenters. The molecule has 4 aliphatic rings. The van der Waals surface area contributed by atoms with E-state index in [0.717, 1.165) is 19.3 Å². The molecule has 0 spiro atoms. The molecule has 4 fully saturated rings. The fourth-order valence-corrected chi connectivity index (χ4v) is 8.64. The molecule has 7 nitrogen and oxygen atoms in total. The molecular weight excluding hydrogens is 510 g/mol. The lowest BCUT2D eigenvalue weighted by Gasteiger charge is -2.58. The molecule has 8 atom stereocenters. The quantitative estimate of drug-likeness (QED) is 0.274. The number of alkyl halides is 2. The van der Waals surface area contributed by atoms with Gasteiger partial charge in [-0.3, -0.25) is 24.0 Å². The van der Waals surface area contributed by atoms with Crippen LogP contribution in [0.2, 0.25) is 0 Å². The largest absolute Gasteiger partial charge is 0.466 e. The summed E-state index contributed by atoms with van der Waals surface area (Å²) in [6, 6.07) is 0. The standard InChI is InChI=1S/C30H42F2O7/c1-17(6-9-27(37)38-12-4-5-26(36)39-16-25(31)32)20-7-8-21-28-22(15-24(35)30(20,21)3)29(2)11-10-19(33)13-18(29)14-23(28)34/h17-18,20-22,25,28H,4-16H2,1-3H3/t17?,18-,20+,21-,22-,28-,29-,30+/m0/s1. The Morgan fingerprint density at radius 3 is 2.41 bits per heavy atom. The van der Waals surface area contributed by atoms with Gasteiger partial charge in [0.05, 0.1) is 6.61 Å². The summed E-state index contributed by atoms with van der Waals surface area (Å²) in [5.41, 5.74) is -0.733. The van der Waals surface area contributed by atoms with Crippen LogP contribution in [-0.2, 0) is 33.4 Å². The molecule has 0 heterocycles. The van der Waals surface area contributed by atoms with Gasteiger partial charge in [-0.05, 0) is 67.1 Å². The smallest absolute Gasteiger partial charge is 0.306 e. The molecule has 0 aromatic rings. The first-order valence-electron chi connectivity index (χ1n) is 14.5. The predicted molar refractivity (Wildman–Crippen MR) is 137 cm³/mol. The van der Waals surface area contributed by atoms with E-state index in [1.165, 1.54) is 0 Å². The molecule has 0 aromatic heterocycles. The van der Waals surface area contributed by atoms with Crippen molar-refractivity contribution >= 4 is 29.3 Å². The third-order valence-corrected chi connectivity index (χ3v) is 10.9. The summed E-state index contributed by atoms with van der Waals surface area (Å²) in [6.07, 6.45) is 2.41. The Labute approximate surface area is 229 Å². The second kappa shape index (κ2) is 11.7. The number of hydrogen-bond acceptors (Lipinski definition) is 7. The zero-order valence-corrected chi connectivity index (χ0v) is 23.3. The molecule has 0 aromatic carbocycles. The Hall–Kier alpha value is -2.19. The predicted octanol–water partition coefficient (Wildman–Crippen LogP) is 5.12. The summed E-state index contributed by atoms with van der Waals surface area (Å²) in [4.78, 5) is 63.2. The normalized spacial score (nSPS) is 36.7. The minimum atomic E-state index is -2.71. The van der Waals surface area contributed by atoms with E-state index in [1.807, 2.05) is 6.92 Å². The highest BCUT2D eigenvalue weighted by Crippen LogP contribution is 2.66. The fourth-order valence-electron chi connectivity index (χ4n) is 8.64. The highest BCUT2D eigenvalue weighted by molar-refractivity contribution is 5.93. The zero-order chi connectivity index (χ0) is 28.5. The van der Waals surface area contributed by atoms with E-state index in [4.69, 9.17) is 4.74 Å². The molecule has 9 heteroatoms. The first-order chi connectivity index (χ1) is 18.4. The maximum atomic E-state index is 13.9. The van der Waals surface area contributed by atoms with Gasteiger partial charge in [0.2, 0.25) is 0 Å². The van der Waals surface area contributed by atoms with Crippen LogP contribution in [0.1, 0.15) is 91.4 Å². The molecule has 0 aliphatic heterocycles. The molecule has 39 heavy (non-hydrogen) atoms. The Morgan fingerprint density at radius 2 is 1.69 bits per heavy atom. The molecule has 4 aliphatic carbocycles. The number of hydrogen-bond donors (Lipinski definition) is 0. The first-order valence-corrected chi connectivity index (χ1v) is 14.5. The Kier molecular flexibility index (Phi) is 8.96. The first kappa shape index (κ1) is 29.8. The number of fused-ring (bicyclic) bond motifs is 5. The third-order valence-electron chi connectivity index (χ3n) is 10.9. The number of esters is 2. The maximum absolute atomic E-state index is 13.9. The van der Waals surface area contributed by atoms with Crippen molar-refractivity contribution in [2.45, 2.75) is 97.8 Å². The third kappa shape index (κ3) is 5.83. The minimum absolute atomic E-state index is 0.00916. The molecule has 218 valence electrons. The SMILES string of the molecule is CC(CCC(=O)OCCCC(=O)OCC(F)F)[C@H]1CC[C@H]2[C@@H]3C(=O)C[C@@H]4CC(=O)CC[C@]4(C)[C@H]3CC(=O)[C@]12C. The topological polar surface area (TPSA) is 104 Å². The van der Waals surface area contributed by atoms with Crippen LogP contribution < -0.4 is 0 Å². The molecule has 0 N–H and O–H groups in total. The van der Waals surface area contributed by atoms with Crippen molar-refractivity contribution in [3.63, 3.8) is 0 Å². The van der Waals surface area contributed by atoms with Crippen LogP contribution in [0.3, 0.4) is 0 Å². The van der Waals surface area contributed by atoms with Gasteiger partial charge in [-0.2, -0.15) is 0 Å². The van der Waals surface area contributed by atoms with Gasteiger partial charge in [0, 0.05) is 49.9 Å². The number of rotatable bonds is 10. The number of halogens is 2. The molecule has 0 amide bonds. The lowest BCUT2D eigenvalue weighted by atomic mass is 9.44. The van der Waals surface area contributed by atoms with E-state index < -0.39 is 30.4 Å².